The van der Waals surface area contributed by atoms with E-state index in [-0.39, 0.29) is 6.61 Å². The van der Waals surface area contributed by atoms with Crippen LogP contribution in [0.15, 0.2) is 48.5 Å². The summed E-state index contributed by atoms with van der Waals surface area (Å²) in [5.74, 6) is 2.07. The summed E-state index contributed by atoms with van der Waals surface area (Å²) >= 11 is 0. The Morgan fingerprint density at radius 2 is 1.83 bits per heavy atom. The molecular weight excluding hydrogens is 304 g/mol. The van der Waals surface area contributed by atoms with Crippen molar-refractivity contribution in [2.45, 2.75) is 6.42 Å². The molecule has 124 valence electrons. The second-order valence-corrected chi connectivity index (χ2v) is 5.27. The number of aliphatic hydroxyl groups excluding tert-OH is 1. The molecule has 3 rings (SSSR count). The van der Waals surface area contributed by atoms with Crippen LogP contribution in [0.5, 0.6) is 5.75 Å². The number of rotatable bonds is 7. The van der Waals surface area contributed by atoms with E-state index in [1.807, 2.05) is 48.5 Å². The molecule has 24 heavy (non-hydrogen) atoms. The normalized spacial score (nSPS) is 10.6. The Labute approximate surface area is 140 Å². The van der Waals surface area contributed by atoms with Crippen molar-refractivity contribution in [3.8, 4) is 5.75 Å². The number of hydrogen-bond acceptors (Lipinski definition) is 6. The summed E-state index contributed by atoms with van der Waals surface area (Å²) < 4.78 is 5.16. The Bertz CT molecular complexity index is 806. The number of fused-ring (bicyclic) bond motifs is 1. The van der Waals surface area contributed by atoms with Crippen molar-refractivity contribution >= 4 is 28.4 Å². The Balaban J connectivity index is 1.89. The van der Waals surface area contributed by atoms with Gasteiger partial charge in [-0.1, -0.05) is 12.1 Å². The summed E-state index contributed by atoms with van der Waals surface area (Å²) in [7, 11) is 1.64. The fourth-order valence-corrected chi connectivity index (χ4v) is 2.36. The van der Waals surface area contributed by atoms with Gasteiger partial charge in [0.25, 0.3) is 0 Å². The maximum Gasteiger partial charge on any atom is 0.229 e. The molecule has 3 aromatic rings. The third-order valence-corrected chi connectivity index (χ3v) is 3.58. The van der Waals surface area contributed by atoms with E-state index in [9.17, 15) is 0 Å². The van der Waals surface area contributed by atoms with E-state index in [4.69, 9.17) is 9.84 Å². The first-order valence-electron chi connectivity index (χ1n) is 7.83. The second-order valence-electron chi connectivity index (χ2n) is 5.27. The van der Waals surface area contributed by atoms with Gasteiger partial charge in [0.2, 0.25) is 5.95 Å². The number of anilines is 3. The van der Waals surface area contributed by atoms with E-state index in [2.05, 4.69) is 20.6 Å². The molecule has 2 aromatic carbocycles. The molecule has 0 aliphatic heterocycles. The minimum atomic E-state index is 0.146. The molecule has 0 aliphatic rings. The fourth-order valence-electron chi connectivity index (χ4n) is 2.36. The van der Waals surface area contributed by atoms with Crippen LogP contribution >= 0.6 is 0 Å². The zero-order valence-electron chi connectivity index (χ0n) is 13.5. The average molecular weight is 324 g/mol. The smallest absolute Gasteiger partial charge is 0.229 e. The highest BCUT2D eigenvalue weighted by atomic mass is 16.5. The molecule has 6 nitrogen and oxygen atoms in total. The Hall–Kier alpha value is -2.86. The summed E-state index contributed by atoms with van der Waals surface area (Å²) in [6, 6.07) is 15.4. The zero-order chi connectivity index (χ0) is 16.8. The molecule has 0 saturated heterocycles. The van der Waals surface area contributed by atoms with E-state index in [1.165, 1.54) is 0 Å². The van der Waals surface area contributed by atoms with Crippen LogP contribution in [0.2, 0.25) is 0 Å². The van der Waals surface area contributed by atoms with Crippen LogP contribution in [-0.2, 0) is 0 Å². The lowest BCUT2D eigenvalue weighted by atomic mass is 10.2. The number of aliphatic hydroxyl groups is 1. The van der Waals surface area contributed by atoms with E-state index >= 15 is 0 Å². The number of methoxy groups -OCH3 is 1. The van der Waals surface area contributed by atoms with Crippen LogP contribution in [0.1, 0.15) is 6.42 Å². The van der Waals surface area contributed by atoms with Gasteiger partial charge in [-0.25, -0.2) is 4.98 Å². The molecule has 0 radical (unpaired) electrons. The van der Waals surface area contributed by atoms with Crippen molar-refractivity contribution in [1.82, 2.24) is 9.97 Å². The third-order valence-electron chi connectivity index (χ3n) is 3.58. The molecule has 0 saturated carbocycles. The molecule has 1 heterocycles. The van der Waals surface area contributed by atoms with Gasteiger partial charge in [0.15, 0.2) is 0 Å². The van der Waals surface area contributed by atoms with E-state index in [0.29, 0.717) is 18.9 Å². The van der Waals surface area contributed by atoms with Gasteiger partial charge in [0.1, 0.15) is 11.6 Å². The van der Waals surface area contributed by atoms with Gasteiger partial charge in [-0.2, -0.15) is 4.98 Å². The summed E-state index contributed by atoms with van der Waals surface area (Å²) in [5, 5.41) is 16.4. The number of nitrogens with one attached hydrogen (secondary N) is 2. The fraction of sp³-hybridized carbons (Fsp3) is 0.222. The van der Waals surface area contributed by atoms with E-state index < -0.39 is 0 Å². The number of hydrogen-bond donors (Lipinski definition) is 3. The van der Waals surface area contributed by atoms with Gasteiger partial charge in [-0.15, -0.1) is 0 Å². The second kappa shape index (κ2) is 7.61. The lowest BCUT2D eigenvalue weighted by Crippen LogP contribution is -2.08. The predicted molar refractivity (Wildman–Crippen MR) is 96.0 cm³/mol. The minimum absolute atomic E-state index is 0.146. The Kier molecular flexibility index (Phi) is 5.08. The molecular formula is C18H20N4O2. The molecule has 0 fully saturated rings. The Morgan fingerprint density at radius 1 is 1.04 bits per heavy atom. The molecule has 1 aromatic heterocycles. The zero-order valence-corrected chi connectivity index (χ0v) is 13.5. The number of aromatic nitrogens is 2. The standard InChI is InChI=1S/C18H20N4O2/c1-24-14-9-7-13(8-10-14)20-18-21-16-6-3-2-5-15(16)17(22-18)19-11-4-12-23/h2-3,5-10,23H,4,11-12H2,1H3,(H2,19,20,21,22). The SMILES string of the molecule is COc1ccc(Nc2nc(NCCCO)c3ccccc3n2)cc1. The quantitative estimate of drug-likeness (QED) is 0.579. The lowest BCUT2D eigenvalue weighted by molar-refractivity contribution is 0.292. The van der Waals surface area contributed by atoms with Crippen molar-refractivity contribution in [2.24, 2.45) is 0 Å². The lowest BCUT2D eigenvalue weighted by Gasteiger charge is -2.12. The number of benzene rings is 2. The van der Waals surface area contributed by atoms with Crippen LogP contribution in [-0.4, -0.2) is 35.3 Å². The third kappa shape index (κ3) is 3.72. The molecule has 3 N–H and O–H groups in total. The van der Waals surface area contributed by atoms with Crippen molar-refractivity contribution in [1.29, 1.82) is 0 Å². The van der Waals surface area contributed by atoms with Crippen molar-refractivity contribution in [3.05, 3.63) is 48.5 Å². The molecule has 0 amide bonds. The van der Waals surface area contributed by atoms with Crippen LogP contribution in [0.4, 0.5) is 17.5 Å². The van der Waals surface area contributed by atoms with Crippen LogP contribution < -0.4 is 15.4 Å². The summed E-state index contributed by atoms with van der Waals surface area (Å²) in [5.41, 5.74) is 1.74. The highest BCUT2D eigenvalue weighted by Gasteiger charge is 2.07. The molecule has 6 heteroatoms. The monoisotopic (exact) mass is 324 g/mol. The van der Waals surface area contributed by atoms with Crippen LogP contribution in [0, 0.1) is 0 Å². The minimum Gasteiger partial charge on any atom is -0.497 e. The number of para-hydroxylation sites is 1. The van der Waals surface area contributed by atoms with Crippen molar-refractivity contribution in [3.63, 3.8) is 0 Å². The first-order valence-corrected chi connectivity index (χ1v) is 7.83. The maximum atomic E-state index is 8.95. The van der Waals surface area contributed by atoms with Gasteiger partial charge >= 0.3 is 0 Å². The van der Waals surface area contributed by atoms with Crippen LogP contribution in [0.3, 0.4) is 0 Å². The van der Waals surface area contributed by atoms with Crippen molar-refractivity contribution in [2.75, 3.05) is 30.9 Å². The largest absolute Gasteiger partial charge is 0.497 e. The van der Waals surface area contributed by atoms with Crippen LogP contribution in [0.25, 0.3) is 10.9 Å². The summed E-state index contributed by atoms with van der Waals surface area (Å²) in [6.45, 7) is 0.798. The Morgan fingerprint density at radius 3 is 2.58 bits per heavy atom. The highest BCUT2D eigenvalue weighted by molar-refractivity contribution is 5.90. The first kappa shape index (κ1) is 16.0. The summed E-state index contributed by atoms with van der Waals surface area (Å²) in [4.78, 5) is 9.12. The maximum absolute atomic E-state index is 8.95. The van der Waals surface area contributed by atoms with E-state index in [0.717, 1.165) is 28.2 Å². The predicted octanol–water partition coefficient (Wildman–Crippen LogP) is 3.18. The molecule has 0 aliphatic carbocycles. The molecule has 0 unspecified atom stereocenters. The molecule has 0 bridgehead atoms. The molecule has 0 atom stereocenters. The average Bonchev–Trinajstić information content (AvgIpc) is 2.62. The van der Waals surface area contributed by atoms with E-state index in [1.54, 1.807) is 7.11 Å². The topological polar surface area (TPSA) is 79.3 Å². The number of nitrogens with zero attached hydrogens (tertiary/aromatic N) is 2. The van der Waals surface area contributed by atoms with Crippen molar-refractivity contribution < 1.29 is 9.84 Å². The summed E-state index contributed by atoms with van der Waals surface area (Å²) in [6.07, 6.45) is 0.666. The number of ether oxygens (including phenoxy) is 1. The van der Waals surface area contributed by atoms with Gasteiger partial charge in [-0.3, -0.25) is 0 Å². The molecule has 0 spiro atoms. The highest BCUT2D eigenvalue weighted by Crippen LogP contribution is 2.24. The van der Waals surface area contributed by atoms with Gasteiger partial charge < -0.3 is 20.5 Å². The van der Waals surface area contributed by atoms with Gasteiger partial charge in [-0.05, 0) is 42.8 Å². The van der Waals surface area contributed by atoms with Gasteiger partial charge in [0.05, 0.1) is 12.6 Å². The van der Waals surface area contributed by atoms with Gasteiger partial charge in [0, 0.05) is 24.2 Å². The first-order chi connectivity index (χ1) is 11.8.